The van der Waals surface area contributed by atoms with Crippen molar-refractivity contribution in [3.05, 3.63) is 59.7 Å². The van der Waals surface area contributed by atoms with Crippen molar-refractivity contribution in [3.63, 3.8) is 0 Å². The normalized spacial score (nSPS) is 10.8. The summed E-state index contributed by atoms with van der Waals surface area (Å²) in [7, 11) is 1.77. The lowest BCUT2D eigenvalue weighted by Crippen LogP contribution is -2.25. The fourth-order valence-electron chi connectivity index (χ4n) is 1.64. The molecule has 0 saturated carbocycles. The maximum Gasteiger partial charge on any atom is 0.213 e. The molecule has 0 bridgehead atoms. The summed E-state index contributed by atoms with van der Waals surface area (Å²) in [6, 6.07) is 12.4. The van der Waals surface area contributed by atoms with Crippen LogP contribution >= 0.6 is 0 Å². The van der Waals surface area contributed by atoms with Gasteiger partial charge in [0.1, 0.15) is 0 Å². The van der Waals surface area contributed by atoms with Gasteiger partial charge in [-0.2, -0.15) is 4.39 Å². The van der Waals surface area contributed by atoms with E-state index in [1.54, 1.807) is 30.3 Å². The molecule has 1 aromatic carbocycles. The zero-order chi connectivity index (χ0) is 13.0. The molecule has 2 aromatic rings. The summed E-state index contributed by atoms with van der Waals surface area (Å²) >= 11 is 0. The SMILES string of the molecule is CN(N)c1ccccc1/C=C/c1cccc(F)n1. The molecule has 0 unspecified atom stereocenters. The third-order valence-electron chi connectivity index (χ3n) is 2.49. The van der Waals surface area contributed by atoms with Crippen LogP contribution in [0.4, 0.5) is 10.1 Å². The lowest BCUT2D eigenvalue weighted by molar-refractivity contribution is 0.583. The van der Waals surface area contributed by atoms with Gasteiger partial charge in [0.05, 0.1) is 11.4 Å². The van der Waals surface area contributed by atoms with Gasteiger partial charge in [-0.05, 0) is 29.8 Å². The van der Waals surface area contributed by atoms with Crippen molar-refractivity contribution in [2.75, 3.05) is 12.1 Å². The smallest absolute Gasteiger partial charge is 0.213 e. The first kappa shape index (κ1) is 12.3. The summed E-state index contributed by atoms with van der Waals surface area (Å²) in [4.78, 5) is 3.76. The highest BCUT2D eigenvalue weighted by atomic mass is 19.1. The van der Waals surface area contributed by atoms with Crippen molar-refractivity contribution in [1.29, 1.82) is 0 Å². The van der Waals surface area contributed by atoms with Crippen LogP contribution in [0, 0.1) is 5.95 Å². The van der Waals surface area contributed by atoms with Gasteiger partial charge in [-0.3, -0.25) is 0 Å². The zero-order valence-electron chi connectivity index (χ0n) is 10.0. The van der Waals surface area contributed by atoms with E-state index in [1.807, 2.05) is 30.3 Å². The van der Waals surface area contributed by atoms with Crippen molar-refractivity contribution in [2.24, 2.45) is 5.84 Å². The molecule has 4 heteroatoms. The summed E-state index contributed by atoms with van der Waals surface area (Å²) < 4.78 is 12.9. The van der Waals surface area contributed by atoms with E-state index in [-0.39, 0.29) is 0 Å². The molecule has 0 fully saturated rings. The second kappa shape index (κ2) is 5.42. The molecule has 0 atom stereocenters. The minimum atomic E-state index is -0.485. The average Bonchev–Trinajstić information content (AvgIpc) is 2.37. The first-order valence-electron chi connectivity index (χ1n) is 5.55. The molecule has 0 aliphatic rings. The molecule has 1 aromatic heterocycles. The molecular formula is C14H14FN3. The number of pyridine rings is 1. The van der Waals surface area contributed by atoms with E-state index in [4.69, 9.17) is 5.84 Å². The Hall–Kier alpha value is -2.20. The second-order valence-electron chi connectivity index (χ2n) is 3.89. The van der Waals surface area contributed by atoms with Crippen LogP contribution in [0.25, 0.3) is 12.2 Å². The second-order valence-corrected chi connectivity index (χ2v) is 3.89. The molecule has 0 amide bonds. The van der Waals surface area contributed by atoms with Crippen LogP contribution in [0.3, 0.4) is 0 Å². The Morgan fingerprint density at radius 2 is 1.89 bits per heavy atom. The van der Waals surface area contributed by atoms with Crippen molar-refractivity contribution in [3.8, 4) is 0 Å². The van der Waals surface area contributed by atoms with Crippen molar-refractivity contribution < 1.29 is 4.39 Å². The first-order valence-corrected chi connectivity index (χ1v) is 5.55. The maximum atomic E-state index is 12.9. The Bertz CT molecular complexity index is 564. The number of nitrogens with two attached hydrogens (primary N) is 1. The van der Waals surface area contributed by atoms with Crippen LogP contribution in [-0.2, 0) is 0 Å². The Morgan fingerprint density at radius 1 is 1.11 bits per heavy atom. The third-order valence-corrected chi connectivity index (χ3v) is 2.49. The van der Waals surface area contributed by atoms with Gasteiger partial charge in [0, 0.05) is 7.05 Å². The van der Waals surface area contributed by atoms with Crippen LogP contribution in [-0.4, -0.2) is 12.0 Å². The molecule has 0 saturated heterocycles. The predicted octanol–water partition coefficient (Wildman–Crippen LogP) is 2.70. The van der Waals surface area contributed by atoms with Gasteiger partial charge in [-0.1, -0.05) is 30.3 Å². The quantitative estimate of drug-likeness (QED) is 0.512. The van der Waals surface area contributed by atoms with Crippen molar-refractivity contribution in [2.45, 2.75) is 0 Å². The Kier molecular flexibility index (Phi) is 3.69. The summed E-state index contributed by atoms with van der Waals surface area (Å²) in [5.41, 5.74) is 2.42. The number of rotatable bonds is 3. The number of hydrogen-bond donors (Lipinski definition) is 1. The number of hydrazine groups is 1. The standard InChI is InChI=1S/C14H14FN3/c1-18(16)13-7-3-2-5-11(13)9-10-12-6-4-8-14(15)17-12/h2-10H,16H2,1H3/b10-9+. The molecule has 18 heavy (non-hydrogen) atoms. The van der Waals surface area contributed by atoms with Gasteiger partial charge in [0.15, 0.2) is 0 Å². The Morgan fingerprint density at radius 3 is 2.61 bits per heavy atom. The molecular weight excluding hydrogens is 229 g/mol. The fourth-order valence-corrected chi connectivity index (χ4v) is 1.64. The molecule has 2 N–H and O–H groups in total. The van der Waals surface area contributed by atoms with Crippen LogP contribution in [0.2, 0.25) is 0 Å². The van der Waals surface area contributed by atoms with Gasteiger partial charge >= 0.3 is 0 Å². The largest absolute Gasteiger partial charge is 0.314 e. The lowest BCUT2D eigenvalue weighted by Gasteiger charge is -2.14. The number of para-hydroxylation sites is 1. The minimum absolute atomic E-state index is 0.485. The molecule has 0 aliphatic carbocycles. The lowest BCUT2D eigenvalue weighted by atomic mass is 10.1. The molecule has 2 rings (SSSR count). The molecule has 0 radical (unpaired) electrons. The van der Waals surface area contributed by atoms with Crippen LogP contribution in [0.1, 0.15) is 11.3 Å². The maximum absolute atomic E-state index is 12.9. The van der Waals surface area contributed by atoms with E-state index in [0.717, 1.165) is 11.3 Å². The highest BCUT2D eigenvalue weighted by molar-refractivity contribution is 5.75. The Balaban J connectivity index is 2.29. The minimum Gasteiger partial charge on any atom is -0.314 e. The average molecular weight is 243 g/mol. The molecule has 3 nitrogen and oxygen atoms in total. The van der Waals surface area contributed by atoms with Gasteiger partial charge < -0.3 is 5.01 Å². The number of nitrogens with zero attached hydrogens (tertiary/aromatic N) is 2. The number of benzene rings is 1. The number of halogens is 1. The van der Waals surface area contributed by atoms with Crippen LogP contribution in [0.5, 0.6) is 0 Å². The summed E-state index contributed by atoms with van der Waals surface area (Å²) in [6.45, 7) is 0. The highest BCUT2D eigenvalue weighted by Crippen LogP contribution is 2.19. The monoisotopic (exact) mass is 243 g/mol. The third kappa shape index (κ3) is 2.93. The first-order chi connectivity index (χ1) is 8.66. The fraction of sp³-hybridized carbons (Fsp3) is 0.0714. The van der Waals surface area contributed by atoms with Gasteiger partial charge in [0.2, 0.25) is 5.95 Å². The number of hydrogen-bond acceptors (Lipinski definition) is 3. The van der Waals surface area contributed by atoms with Crippen LogP contribution < -0.4 is 10.9 Å². The van der Waals surface area contributed by atoms with E-state index in [0.29, 0.717) is 5.69 Å². The molecule has 1 heterocycles. The summed E-state index contributed by atoms with van der Waals surface area (Å²) in [5.74, 6) is 5.25. The number of anilines is 1. The predicted molar refractivity (Wildman–Crippen MR) is 72.2 cm³/mol. The molecule has 0 aliphatic heterocycles. The van der Waals surface area contributed by atoms with Crippen molar-refractivity contribution in [1.82, 2.24) is 4.98 Å². The Labute approximate surface area is 105 Å². The van der Waals surface area contributed by atoms with E-state index in [1.165, 1.54) is 6.07 Å². The van der Waals surface area contributed by atoms with Crippen LogP contribution in [0.15, 0.2) is 42.5 Å². The van der Waals surface area contributed by atoms with E-state index in [2.05, 4.69) is 4.98 Å². The zero-order valence-corrected chi connectivity index (χ0v) is 10.0. The summed E-state index contributed by atoms with van der Waals surface area (Å²) in [6.07, 6.45) is 3.62. The van der Waals surface area contributed by atoms with E-state index in [9.17, 15) is 4.39 Å². The van der Waals surface area contributed by atoms with Gasteiger partial charge in [-0.25, -0.2) is 10.8 Å². The number of aromatic nitrogens is 1. The molecule has 92 valence electrons. The van der Waals surface area contributed by atoms with Gasteiger partial charge in [0.25, 0.3) is 0 Å². The summed E-state index contributed by atoms with van der Waals surface area (Å²) in [5, 5.41) is 1.54. The topological polar surface area (TPSA) is 42.1 Å². The molecule has 0 spiro atoms. The van der Waals surface area contributed by atoms with E-state index < -0.39 is 5.95 Å². The van der Waals surface area contributed by atoms with E-state index >= 15 is 0 Å². The highest BCUT2D eigenvalue weighted by Gasteiger charge is 2.00. The van der Waals surface area contributed by atoms with Crippen molar-refractivity contribution >= 4 is 17.8 Å². The van der Waals surface area contributed by atoms with Gasteiger partial charge in [-0.15, -0.1) is 0 Å².